The van der Waals surface area contributed by atoms with Crippen LogP contribution in [0.2, 0.25) is 0 Å². The molecule has 0 amide bonds. The molecule has 0 saturated carbocycles. The average molecular weight is 537 g/mol. The predicted molar refractivity (Wildman–Crippen MR) is 111 cm³/mol. The maximum absolute atomic E-state index is 4.78. The van der Waals surface area contributed by atoms with Crippen LogP contribution in [0.4, 0.5) is 0 Å². The molecule has 3 rings (SSSR count). The molecule has 178 valence electrons. The van der Waals surface area contributed by atoms with E-state index in [0.717, 1.165) is 54.6 Å². The van der Waals surface area contributed by atoms with E-state index in [1.54, 1.807) is 0 Å². The first-order valence-electron chi connectivity index (χ1n) is 10.2. The van der Waals surface area contributed by atoms with E-state index in [-0.39, 0.29) is 54.0 Å². The summed E-state index contributed by atoms with van der Waals surface area (Å²) < 4.78 is 0. The minimum atomic E-state index is 0. The van der Waals surface area contributed by atoms with Crippen LogP contribution in [0.5, 0.6) is 0 Å². The van der Waals surface area contributed by atoms with Crippen molar-refractivity contribution in [3.63, 3.8) is 0 Å². The summed E-state index contributed by atoms with van der Waals surface area (Å²) in [5.41, 5.74) is 11.1. The minimum Gasteiger partial charge on any atom is -1.00 e. The number of rotatable bonds is 6. The van der Waals surface area contributed by atoms with E-state index in [4.69, 9.17) is 4.98 Å². The van der Waals surface area contributed by atoms with Crippen molar-refractivity contribution in [2.75, 3.05) is 26.2 Å². The number of piperidine rings is 2. The molecular formula is C20H33Cl3CoN7. The topological polar surface area (TPSA) is 68.2 Å². The quantitative estimate of drug-likeness (QED) is 0.280. The molecule has 1 aromatic rings. The Morgan fingerprint density at radius 1 is 0.742 bits per heavy atom. The van der Waals surface area contributed by atoms with Gasteiger partial charge in [-0.2, -0.15) is 10.2 Å². The van der Waals surface area contributed by atoms with Gasteiger partial charge < -0.3 is 37.2 Å². The molecule has 2 aliphatic rings. The minimum absolute atomic E-state index is 0. The second-order valence-electron chi connectivity index (χ2n) is 7.60. The number of hydrazine groups is 2. The number of aromatic nitrogens is 1. The Morgan fingerprint density at radius 2 is 1.10 bits per heavy atom. The van der Waals surface area contributed by atoms with Gasteiger partial charge in [0.25, 0.3) is 0 Å². The first-order valence-corrected chi connectivity index (χ1v) is 10.2. The fourth-order valence-corrected chi connectivity index (χ4v) is 3.43. The number of aryl methyl sites for hydroxylation is 1. The summed E-state index contributed by atoms with van der Waals surface area (Å²) in [4.78, 5) is 4.78. The van der Waals surface area contributed by atoms with Gasteiger partial charge in [0.15, 0.2) is 0 Å². The van der Waals surface area contributed by atoms with E-state index in [9.17, 15) is 0 Å². The van der Waals surface area contributed by atoms with Gasteiger partial charge in [-0.25, -0.2) is 26.1 Å². The van der Waals surface area contributed by atoms with E-state index in [1.807, 2.05) is 13.8 Å². The van der Waals surface area contributed by atoms with Crippen LogP contribution in [0.3, 0.4) is 0 Å². The summed E-state index contributed by atoms with van der Waals surface area (Å²) in [5.74, 6) is 0. The SMILES string of the molecule is CC(=NNN1CCCCC1)c1cc(C)cc(C(C)=NNN2CCCCC2)n1.[Cl-].[Cl-].[Cl-].[Co+3]. The number of hydrogen-bond donors (Lipinski definition) is 2. The molecule has 2 aliphatic heterocycles. The first kappa shape index (κ1) is 32.6. The zero-order chi connectivity index (χ0) is 19.1. The molecule has 0 aromatic carbocycles. The third-order valence-corrected chi connectivity index (χ3v) is 5.14. The smallest absolute Gasteiger partial charge is 1.00 e. The van der Waals surface area contributed by atoms with Gasteiger partial charge in [-0.15, -0.1) is 0 Å². The third kappa shape index (κ3) is 10.7. The Labute approximate surface area is 215 Å². The van der Waals surface area contributed by atoms with Gasteiger partial charge in [0.2, 0.25) is 0 Å². The Balaban J connectivity index is 0. The summed E-state index contributed by atoms with van der Waals surface area (Å²) >= 11 is 0. The Bertz CT molecular complexity index is 637. The van der Waals surface area contributed by atoms with Crippen LogP contribution < -0.4 is 48.3 Å². The molecule has 0 atom stereocenters. The predicted octanol–water partition coefficient (Wildman–Crippen LogP) is -6.17. The van der Waals surface area contributed by atoms with Gasteiger partial charge in [0.1, 0.15) is 0 Å². The van der Waals surface area contributed by atoms with Crippen LogP contribution in [-0.2, 0) is 16.8 Å². The molecule has 2 saturated heterocycles. The van der Waals surface area contributed by atoms with Crippen molar-refractivity contribution in [1.82, 2.24) is 26.1 Å². The molecule has 2 N–H and O–H groups in total. The molecule has 1 aromatic heterocycles. The van der Waals surface area contributed by atoms with Gasteiger partial charge in [-0.1, -0.05) is 12.8 Å². The summed E-state index contributed by atoms with van der Waals surface area (Å²) in [7, 11) is 0. The number of hydrazone groups is 2. The van der Waals surface area contributed by atoms with Crippen molar-refractivity contribution < 1.29 is 54.0 Å². The van der Waals surface area contributed by atoms with Gasteiger partial charge >= 0.3 is 16.8 Å². The average Bonchev–Trinajstić information content (AvgIpc) is 2.71. The Hall–Kier alpha value is -0.614. The molecule has 31 heavy (non-hydrogen) atoms. The van der Waals surface area contributed by atoms with E-state index >= 15 is 0 Å². The zero-order valence-electron chi connectivity index (χ0n) is 18.4. The van der Waals surface area contributed by atoms with E-state index in [2.05, 4.69) is 50.3 Å². The number of nitrogens with zero attached hydrogens (tertiary/aromatic N) is 5. The molecule has 0 bridgehead atoms. The maximum atomic E-state index is 4.78. The molecule has 0 unspecified atom stereocenters. The second-order valence-corrected chi connectivity index (χ2v) is 7.60. The molecule has 0 radical (unpaired) electrons. The summed E-state index contributed by atoms with van der Waals surface area (Å²) in [5, 5.41) is 13.4. The molecule has 0 spiro atoms. The monoisotopic (exact) mass is 535 g/mol. The van der Waals surface area contributed by atoms with Crippen molar-refractivity contribution in [3.05, 3.63) is 29.1 Å². The van der Waals surface area contributed by atoms with E-state index < -0.39 is 0 Å². The molecule has 11 heteroatoms. The second kappa shape index (κ2) is 16.9. The van der Waals surface area contributed by atoms with Crippen molar-refractivity contribution in [3.8, 4) is 0 Å². The van der Waals surface area contributed by atoms with Gasteiger partial charge in [-0.05, 0) is 64.2 Å². The van der Waals surface area contributed by atoms with Crippen molar-refractivity contribution in [1.29, 1.82) is 0 Å². The zero-order valence-corrected chi connectivity index (χ0v) is 21.7. The van der Waals surface area contributed by atoms with Crippen LogP contribution in [0.25, 0.3) is 0 Å². The van der Waals surface area contributed by atoms with E-state index in [1.165, 1.54) is 38.5 Å². The standard InChI is InChI=1S/C20H33N7.3ClH.Co/c1-16-14-19(17(2)22-24-26-10-6-4-7-11-26)21-20(15-16)18(3)23-25-27-12-8-5-9-13-27;;;;/h14-15,24-25H,4-13H2,1-3H3;3*1H;/q;;;;+3/p-3. The number of pyridine rings is 1. The summed E-state index contributed by atoms with van der Waals surface area (Å²) in [6.07, 6.45) is 7.55. The number of halogens is 3. The summed E-state index contributed by atoms with van der Waals surface area (Å²) in [6.45, 7) is 10.3. The fourth-order valence-electron chi connectivity index (χ4n) is 3.43. The molecule has 2 fully saturated rings. The molecule has 0 aliphatic carbocycles. The third-order valence-electron chi connectivity index (χ3n) is 5.14. The Kier molecular flexibility index (Phi) is 17.8. The number of nitrogens with one attached hydrogen (secondary N) is 2. The van der Waals surface area contributed by atoms with Crippen LogP contribution in [0, 0.1) is 6.92 Å². The maximum Gasteiger partial charge on any atom is 3.00 e. The fraction of sp³-hybridized carbons (Fsp3) is 0.650. The van der Waals surface area contributed by atoms with Crippen molar-refractivity contribution in [2.45, 2.75) is 59.3 Å². The number of hydrogen-bond acceptors (Lipinski definition) is 7. The van der Waals surface area contributed by atoms with Gasteiger partial charge in [-0.3, -0.25) is 0 Å². The van der Waals surface area contributed by atoms with E-state index in [0.29, 0.717) is 0 Å². The molecular weight excluding hydrogens is 504 g/mol. The van der Waals surface area contributed by atoms with Crippen molar-refractivity contribution in [2.24, 2.45) is 10.2 Å². The van der Waals surface area contributed by atoms with Crippen molar-refractivity contribution >= 4 is 11.4 Å². The van der Waals surface area contributed by atoms with Gasteiger partial charge in [0, 0.05) is 26.2 Å². The summed E-state index contributed by atoms with van der Waals surface area (Å²) in [6, 6.07) is 4.15. The molecule has 3 heterocycles. The largest absolute Gasteiger partial charge is 3.00 e. The van der Waals surface area contributed by atoms with Crippen LogP contribution >= 0.6 is 0 Å². The Morgan fingerprint density at radius 3 is 1.45 bits per heavy atom. The van der Waals surface area contributed by atoms with Crippen LogP contribution in [0.1, 0.15) is 69.3 Å². The first-order chi connectivity index (χ1) is 13.1. The molecule has 7 nitrogen and oxygen atoms in total. The van der Waals surface area contributed by atoms with Crippen LogP contribution in [0.15, 0.2) is 22.3 Å². The normalized spacial score (nSPS) is 17.9. The van der Waals surface area contributed by atoms with Gasteiger partial charge in [0.05, 0.1) is 22.8 Å². The van der Waals surface area contributed by atoms with Crippen LogP contribution in [-0.4, -0.2) is 52.6 Å².